The van der Waals surface area contributed by atoms with Crippen LogP contribution in [0.2, 0.25) is 0 Å². The van der Waals surface area contributed by atoms with Gasteiger partial charge < -0.3 is 30.0 Å². The molecular weight excluding hydrogens is 398 g/mol. The Kier molecular flexibility index (Phi) is 6.15. The Morgan fingerprint density at radius 2 is 2.03 bits per heavy atom. The van der Waals surface area contributed by atoms with Gasteiger partial charge in [-0.2, -0.15) is 0 Å². The van der Waals surface area contributed by atoms with Crippen LogP contribution in [-0.2, 0) is 17.9 Å². The Labute approximate surface area is 181 Å². The molecule has 2 aromatic rings. The van der Waals surface area contributed by atoms with Crippen LogP contribution in [0.25, 0.3) is 0 Å². The van der Waals surface area contributed by atoms with Crippen LogP contribution < -0.4 is 16.2 Å². The van der Waals surface area contributed by atoms with Crippen LogP contribution in [0.3, 0.4) is 0 Å². The number of hydrogen-bond donors (Lipinski definition) is 4. The summed E-state index contributed by atoms with van der Waals surface area (Å²) in [6, 6.07) is 9.62. The Bertz CT molecular complexity index is 1020. The summed E-state index contributed by atoms with van der Waals surface area (Å²) >= 11 is 0. The molecular formula is C21H23B2N2O6. The van der Waals surface area contributed by atoms with Crippen LogP contribution in [0.15, 0.2) is 36.4 Å². The van der Waals surface area contributed by atoms with Crippen molar-refractivity contribution in [3.63, 3.8) is 0 Å². The van der Waals surface area contributed by atoms with Gasteiger partial charge in [0.15, 0.2) is 0 Å². The topological polar surface area (TPSA) is 119 Å². The van der Waals surface area contributed by atoms with Crippen molar-refractivity contribution in [2.75, 3.05) is 6.54 Å². The Morgan fingerprint density at radius 1 is 1.26 bits per heavy atom. The first-order valence-corrected chi connectivity index (χ1v) is 10.2. The van der Waals surface area contributed by atoms with Crippen molar-refractivity contribution in [1.29, 1.82) is 0 Å². The maximum atomic E-state index is 13.1. The highest BCUT2D eigenvalue weighted by Gasteiger charge is 2.35. The van der Waals surface area contributed by atoms with E-state index in [1.165, 1.54) is 6.07 Å². The molecule has 2 amide bonds. The normalized spacial score (nSPS) is 20.0. The summed E-state index contributed by atoms with van der Waals surface area (Å²) in [5, 5.41) is 31.5. The van der Waals surface area contributed by atoms with Crippen molar-refractivity contribution < 1.29 is 29.4 Å². The van der Waals surface area contributed by atoms with Gasteiger partial charge in [-0.15, -0.1) is 0 Å². The second-order valence-corrected chi connectivity index (χ2v) is 7.99. The molecule has 0 bridgehead atoms. The van der Waals surface area contributed by atoms with E-state index in [9.17, 15) is 24.7 Å². The van der Waals surface area contributed by atoms with E-state index in [4.69, 9.17) is 4.65 Å². The molecule has 1 saturated heterocycles. The van der Waals surface area contributed by atoms with E-state index in [0.29, 0.717) is 47.2 Å². The number of carbonyl (C=O) groups is 2. The highest BCUT2D eigenvalue weighted by Crippen LogP contribution is 2.22. The van der Waals surface area contributed by atoms with Crippen LogP contribution >= 0.6 is 0 Å². The molecule has 8 nitrogen and oxygen atoms in total. The maximum absolute atomic E-state index is 13.1. The lowest BCUT2D eigenvalue weighted by Crippen LogP contribution is -2.40. The molecule has 2 aromatic carbocycles. The lowest BCUT2D eigenvalue weighted by atomic mass is 9.78. The third-order valence-corrected chi connectivity index (χ3v) is 5.94. The number of nitrogens with one attached hydrogen (secondary N) is 1. The van der Waals surface area contributed by atoms with Gasteiger partial charge in [-0.1, -0.05) is 18.2 Å². The molecule has 0 aliphatic carbocycles. The predicted molar refractivity (Wildman–Crippen MR) is 115 cm³/mol. The lowest BCUT2D eigenvalue weighted by Gasteiger charge is -2.22. The Morgan fingerprint density at radius 3 is 2.77 bits per heavy atom. The van der Waals surface area contributed by atoms with E-state index < -0.39 is 7.12 Å². The second kappa shape index (κ2) is 8.84. The third kappa shape index (κ3) is 4.24. The van der Waals surface area contributed by atoms with Crippen LogP contribution in [0.5, 0.6) is 0 Å². The molecule has 4 rings (SSSR count). The van der Waals surface area contributed by atoms with Crippen molar-refractivity contribution in [2.45, 2.75) is 38.6 Å². The first-order valence-electron chi connectivity index (χ1n) is 10.2. The first-order chi connectivity index (χ1) is 14.9. The molecule has 2 unspecified atom stereocenters. The van der Waals surface area contributed by atoms with Crippen LogP contribution in [0, 0.1) is 0 Å². The molecule has 1 radical (unpaired) electrons. The van der Waals surface area contributed by atoms with Crippen molar-refractivity contribution in [2.24, 2.45) is 0 Å². The fourth-order valence-electron chi connectivity index (χ4n) is 4.20. The molecule has 2 aliphatic rings. The monoisotopic (exact) mass is 421 g/mol. The number of nitrogens with zero attached hydrogens (tertiary/aromatic N) is 1. The minimum absolute atomic E-state index is 0.0645. The fourth-order valence-corrected chi connectivity index (χ4v) is 4.20. The van der Waals surface area contributed by atoms with Gasteiger partial charge >= 0.3 is 14.6 Å². The number of amides is 2. The van der Waals surface area contributed by atoms with Gasteiger partial charge in [0, 0.05) is 29.8 Å². The van der Waals surface area contributed by atoms with E-state index in [2.05, 4.69) is 5.32 Å². The largest absolute Gasteiger partial charge is 0.491 e. The molecule has 2 aliphatic heterocycles. The zero-order chi connectivity index (χ0) is 22.1. The summed E-state index contributed by atoms with van der Waals surface area (Å²) in [6.07, 6.45) is 0.613. The molecule has 0 saturated carbocycles. The molecule has 2 atom stereocenters. The summed E-state index contributed by atoms with van der Waals surface area (Å²) in [5.74, 6) is -0.465. The molecule has 1 fully saturated rings. The summed E-state index contributed by atoms with van der Waals surface area (Å²) in [4.78, 5) is 27.4. The minimum atomic E-state index is -1.01. The first kappa shape index (κ1) is 21.6. The van der Waals surface area contributed by atoms with Gasteiger partial charge in [-0.3, -0.25) is 9.59 Å². The second-order valence-electron chi connectivity index (χ2n) is 7.99. The van der Waals surface area contributed by atoms with Crippen LogP contribution in [-0.4, -0.2) is 65.1 Å². The van der Waals surface area contributed by atoms with Gasteiger partial charge in [0.2, 0.25) is 0 Å². The quantitative estimate of drug-likeness (QED) is 0.445. The summed E-state index contributed by atoms with van der Waals surface area (Å²) in [5.41, 5.74) is 3.23. The number of fused-ring (bicyclic) bond motifs is 1. The van der Waals surface area contributed by atoms with E-state index in [0.717, 1.165) is 13.0 Å². The lowest BCUT2D eigenvalue weighted by molar-refractivity contribution is 0.0741. The van der Waals surface area contributed by atoms with E-state index >= 15 is 0 Å². The van der Waals surface area contributed by atoms with Gasteiger partial charge in [0.05, 0.1) is 13.2 Å². The minimum Gasteiger partial charge on any atom is -0.450 e. The number of hydrogen-bond acceptors (Lipinski definition) is 6. The fraction of sp³-hybridized carbons (Fsp3) is 0.333. The number of benzene rings is 2. The van der Waals surface area contributed by atoms with Crippen molar-refractivity contribution >= 4 is 37.3 Å². The zero-order valence-electron chi connectivity index (χ0n) is 17.1. The Hall–Kier alpha value is -2.65. The number of aliphatic hydroxyl groups excluding tert-OH is 1. The number of aliphatic hydroxyl groups is 1. The molecule has 31 heavy (non-hydrogen) atoms. The third-order valence-electron chi connectivity index (χ3n) is 5.94. The van der Waals surface area contributed by atoms with Crippen molar-refractivity contribution in [1.82, 2.24) is 10.2 Å². The molecule has 159 valence electrons. The number of carbonyl (C=O) groups excluding carboxylic acids is 2. The van der Waals surface area contributed by atoms with Gasteiger partial charge in [0.1, 0.15) is 0 Å². The average molecular weight is 421 g/mol. The summed E-state index contributed by atoms with van der Waals surface area (Å²) in [7, 11) is -0.150. The highest BCUT2D eigenvalue weighted by molar-refractivity contribution is 6.61. The summed E-state index contributed by atoms with van der Waals surface area (Å²) < 4.78 is 5.19. The molecule has 0 aromatic heterocycles. The molecule has 0 spiro atoms. The molecule has 10 heteroatoms. The van der Waals surface area contributed by atoms with Gasteiger partial charge in [-0.25, -0.2) is 0 Å². The highest BCUT2D eigenvalue weighted by atomic mass is 16.5. The summed E-state index contributed by atoms with van der Waals surface area (Å²) in [6.45, 7) is 2.39. The van der Waals surface area contributed by atoms with Gasteiger partial charge in [0.25, 0.3) is 11.8 Å². The van der Waals surface area contributed by atoms with Gasteiger partial charge in [-0.05, 0) is 53.6 Å². The average Bonchev–Trinajstić information content (AvgIpc) is 3.34. The molecule has 2 heterocycles. The van der Waals surface area contributed by atoms with E-state index in [1.807, 2.05) is 6.92 Å². The van der Waals surface area contributed by atoms with E-state index in [1.54, 1.807) is 35.2 Å². The Balaban J connectivity index is 1.44. The maximum Gasteiger partial charge on any atom is 0.491 e. The molecule has 4 N–H and O–H groups in total. The predicted octanol–water partition coefficient (Wildman–Crippen LogP) is -1.33. The van der Waals surface area contributed by atoms with Crippen molar-refractivity contribution in [3.8, 4) is 0 Å². The zero-order valence-corrected chi connectivity index (χ0v) is 17.1. The van der Waals surface area contributed by atoms with E-state index in [-0.39, 0.29) is 30.5 Å². The van der Waals surface area contributed by atoms with Crippen molar-refractivity contribution in [3.05, 3.63) is 58.7 Å². The SMILES string of the molecule is CC1CC(NC(=O)c2ccc(CO)c([B]O)c2)CN1C(=O)c1ccc2c(c1)B(O)OC2. The smallest absolute Gasteiger partial charge is 0.450 e. The standard InChI is InChI=1S/C21H23B2N2O6/c1-12-6-17(24-20(27)13-2-4-15(10-26)18(7-13)22-29)9-25(12)21(28)14-3-5-16-11-31-23(30)19(16)8-14/h2-5,7-8,12,17,26,29-30H,6,9-11H2,1H3,(H,24,27). The number of rotatable bonds is 5. The van der Waals surface area contributed by atoms with Crippen LogP contribution in [0.1, 0.15) is 45.2 Å². The van der Waals surface area contributed by atoms with Crippen LogP contribution in [0.4, 0.5) is 0 Å². The number of likely N-dealkylation sites (tertiary alicyclic amines) is 1.